The van der Waals surface area contributed by atoms with Crippen molar-refractivity contribution in [3.05, 3.63) is 33.7 Å². The summed E-state index contributed by atoms with van der Waals surface area (Å²) < 4.78 is 74.3. The Morgan fingerprint density at radius 2 is 1.95 bits per heavy atom. The predicted molar refractivity (Wildman–Crippen MR) is 63.4 cm³/mol. The number of hydrogen-bond donors (Lipinski definition) is 0. The van der Waals surface area contributed by atoms with E-state index < -0.39 is 35.1 Å². The van der Waals surface area contributed by atoms with Crippen molar-refractivity contribution in [2.75, 3.05) is 0 Å². The van der Waals surface area contributed by atoms with E-state index >= 15 is 0 Å². The number of benzene rings is 1. The second-order valence-electron chi connectivity index (χ2n) is 3.82. The maximum atomic E-state index is 12.5. The van der Waals surface area contributed by atoms with Crippen LogP contribution in [-0.2, 0) is 16.8 Å². The van der Waals surface area contributed by atoms with Crippen LogP contribution in [0, 0.1) is 6.92 Å². The third kappa shape index (κ3) is 7.49. The third-order valence-electron chi connectivity index (χ3n) is 2.20. The average molecular weight is 351 g/mol. The molecule has 0 heterocycles. The molecule has 0 aromatic heterocycles. The Hall–Kier alpha value is -0.299. The first-order valence-corrected chi connectivity index (χ1v) is 6.36. The molecule has 0 aliphatic rings. The fraction of sp³-hybridized carbons (Fsp3) is 0.250. The number of nitrogens with zero attached hydrogens (tertiary/aromatic N) is 3. The Morgan fingerprint density at radius 3 is 2.38 bits per heavy atom. The largest absolute Gasteiger partial charge is 1.00 e. The number of halogens is 4. The van der Waals surface area contributed by atoms with Gasteiger partial charge in [-0.2, -0.15) is 8.42 Å². The van der Waals surface area contributed by atoms with E-state index in [4.69, 9.17) is 5.53 Å². The van der Waals surface area contributed by atoms with Crippen LogP contribution in [0.15, 0.2) is 17.2 Å². The minimum atomic E-state index is -5.40. The van der Waals surface area contributed by atoms with Gasteiger partial charge in [-0.05, 0) is 18.5 Å². The maximum absolute atomic E-state index is 12.5. The van der Waals surface area contributed by atoms with Crippen LogP contribution >= 0.6 is 0 Å². The second-order valence-corrected chi connectivity index (χ2v) is 4.77. The van der Waals surface area contributed by atoms with Crippen LogP contribution in [0.25, 0.3) is 10.4 Å². The van der Waals surface area contributed by atoms with Crippen LogP contribution in [0.3, 0.4) is 0 Å². The van der Waals surface area contributed by atoms with Crippen LogP contribution in [0.5, 0.6) is 5.75 Å². The summed E-state index contributed by atoms with van der Waals surface area (Å²) in [6, 6.07) is 1.67. The minimum absolute atomic E-state index is 0. The second kappa shape index (κ2) is 7.81. The topological polar surface area (TPSA) is 92.1 Å². The molecule has 0 aliphatic heterocycles. The van der Waals surface area contributed by atoms with Crippen LogP contribution < -0.4 is 55.6 Å². The molecule has 0 aliphatic carbocycles. The molecule has 0 unspecified atom stereocenters. The molecular formula is C8H7BF4KN3O3S. The standard InChI is InChI=1S/C8H7BF4N3O3S.K/c1-5-7(15-16-14)2-6(4-9(10,11)12)3-8(5)19-20(13,17)18;/h2-3H,4H2,1H3;/q-1;+1. The first-order chi connectivity index (χ1) is 9.02. The van der Waals surface area contributed by atoms with E-state index in [2.05, 4.69) is 14.2 Å². The molecule has 1 rings (SSSR count). The zero-order chi connectivity index (χ0) is 15.6. The van der Waals surface area contributed by atoms with Crippen molar-refractivity contribution in [1.29, 1.82) is 0 Å². The molecular weight excluding hydrogens is 344 g/mol. The molecule has 13 heteroatoms. The number of rotatable bonds is 5. The van der Waals surface area contributed by atoms with Crippen LogP contribution in [0.1, 0.15) is 11.1 Å². The monoisotopic (exact) mass is 351 g/mol. The predicted octanol–water partition coefficient (Wildman–Crippen LogP) is 0.463. The van der Waals surface area contributed by atoms with E-state index in [-0.39, 0.29) is 62.6 Å². The van der Waals surface area contributed by atoms with Gasteiger partial charge in [-0.25, -0.2) is 0 Å². The molecule has 0 amide bonds. The fourth-order valence-electron chi connectivity index (χ4n) is 1.46. The van der Waals surface area contributed by atoms with E-state index in [1.165, 1.54) is 6.92 Å². The molecule has 0 fully saturated rings. The van der Waals surface area contributed by atoms with Crippen LogP contribution in [-0.4, -0.2) is 15.4 Å². The van der Waals surface area contributed by atoms with E-state index in [9.17, 15) is 25.3 Å². The molecule has 0 bridgehead atoms. The molecule has 0 atom stereocenters. The molecule has 110 valence electrons. The van der Waals surface area contributed by atoms with Crippen molar-refractivity contribution in [2.24, 2.45) is 5.11 Å². The molecule has 0 saturated heterocycles. The Morgan fingerprint density at radius 1 is 1.38 bits per heavy atom. The summed E-state index contributed by atoms with van der Waals surface area (Å²) in [6.45, 7) is -3.99. The van der Waals surface area contributed by atoms with Gasteiger partial charge in [0.05, 0.1) is 0 Å². The normalized spacial score (nSPS) is 11.3. The molecule has 6 nitrogen and oxygen atoms in total. The van der Waals surface area contributed by atoms with Gasteiger partial charge < -0.3 is 17.1 Å². The summed E-state index contributed by atoms with van der Waals surface area (Å²) in [5, 5.41) is 3.11. The summed E-state index contributed by atoms with van der Waals surface area (Å²) in [5.74, 6) is -0.660. The van der Waals surface area contributed by atoms with E-state index in [0.29, 0.717) is 0 Å². The van der Waals surface area contributed by atoms with Gasteiger partial charge in [0, 0.05) is 16.2 Å². The summed E-state index contributed by atoms with van der Waals surface area (Å²) in [6.07, 6.45) is -1.35. The Bertz CT molecular complexity index is 676. The smallest absolute Gasteiger partial charge is 0.449 e. The van der Waals surface area contributed by atoms with E-state index in [1.54, 1.807) is 0 Å². The summed E-state index contributed by atoms with van der Waals surface area (Å²) in [5.41, 5.74) is 7.53. The van der Waals surface area contributed by atoms with E-state index in [0.717, 1.165) is 12.1 Å². The Balaban J connectivity index is 0.00000400. The van der Waals surface area contributed by atoms with Crippen molar-refractivity contribution >= 4 is 23.2 Å². The SMILES string of the molecule is Cc1c(N=[N+]=[N-])cc(C[B-](F)(F)F)cc1OS(=O)(=O)F.[K+]. The number of azide groups is 1. The molecule has 0 radical (unpaired) electrons. The minimum Gasteiger partial charge on any atom is -0.449 e. The molecule has 0 saturated carbocycles. The maximum Gasteiger partial charge on any atom is 1.00 e. The molecule has 1 aromatic rings. The summed E-state index contributed by atoms with van der Waals surface area (Å²) >= 11 is 0. The zero-order valence-corrected chi connectivity index (χ0v) is 14.9. The van der Waals surface area contributed by atoms with Crippen LogP contribution in [0.4, 0.5) is 22.5 Å². The van der Waals surface area contributed by atoms with E-state index in [1.807, 2.05) is 0 Å². The fourth-order valence-corrected chi connectivity index (χ4v) is 1.85. The van der Waals surface area contributed by atoms with Crippen molar-refractivity contribution in [1.82, 2.24) is 0 Å². The summed E-state index contributed by atoms with van der Waals surface area (Å²) in [4.78, 5) is 2.39. The molecule has 0 N–H and O–H groups in total. The van der Waals surface area contributed by atoms with Gasteiger partial charge in [-0.1, -0.05) is 27.0 Å². The van der Waals surface area contributed by atoms with Crippen LogP contribution in [0.2, 0.25) is 0 Å². The van der Waals surface area contributed by atoms with Gasteiger partial charge in [-0.3, -0.25) is 0 Å². The van der Waals surface area contributed by atoms with Gasteiger partial charge in [0.2, 0.25) is 0 Å². The first kappa shape index (κ1) is 20.7. The van der Waals surface area contributed by atoms with Crippen molar-refractivity contribution in [3.8, 4) is 5.75 Å². The van der Waals surface area contributed by atoms with Crippen molar-refractivity contribution in [3.63, 3.8) is 0 Å². The molecule has 1 aromatic carbocycles. The summed E-state index contributed by atoms with van der Waals surface area (Å²) in [7, 11) is -5.40. The first-order valence-electron chi connectivity index (χ1n) is 5.05. The van der Waals surface area contributed by atoms with Gasteiger partial charge in [-0.15, -0.1) is 0 Å². The van der Waals surface area contributed by atoms with Gasteiger partial charge in [0.25, 0.3) is 0 Å². The quantitative estimate of drug-likeness (QED) is 0.193. The van der Waals surface area contributed by atoms with Crippen molar-refractivity contribution < 1.29 is 80.8 Å². The third-order valence-corrected chi connectivity index (χ3v) is 2.58. The van der Waals surface area contributed by atoms with Crippen molar-refractivity contribution in [2.45, 2.75) is 13.2 Å². The Kier molecular flexibility index (Phi) is 7.70. The average Bonchev–Trinajstić information content (AvgIpc) is 2.20. The number of hydrogen-bond acceptors (Lipinski definition) is 4. The Labute approximate surface area is 160 Å². The van der Waals surface area contributed by atoms with Gasteiger partial charge >= 0.3 is 68.9 Å². The van der Waals surface area contributed by atoms with Gasteiger partial charge in [0.1, 0.15) is 5.75 Å². The van der Waals surface area contributed by atoms with Gasteiger partial charge in [0.15, 0.2) is 0 Å². The molecule has 0 spiro atoms. The zero-order valence-electron chi connectivity index (χ0n) is 10.9. The molecule has 21 heavy (non-hydrogen) atoms.